The van der Waals surface area contributed by atoms with E-state index in [-0.39, 0.29) is 0 Å². The molecule has 0 spiro atoms. The number of nitrogens with one attached hydrogen (secondary N) is 1. The molecule has 0 unspecified atom stereocenters. The number of carboxylic acids is 1. The summed E-state index contributed by atoms with van der Waals surface area (Å²) in [4.78, 5) is 21.3. The first-order valence-corrected chi connectivity index (χ1v) is 18.8. The first-order chi connectivity index (χ1) is 18.0. The van der Waals surface area contributed by atoms with E-state index in [2.05, 4.69) is 112 Å². The fourth-order valence-corrected chi connectivity index (χ4v) is 12.0. The Morgan fingerprint density at radius 3 is 1.43 bits per heavy atom. The van der Waals surface area contributed by atoms with Gasteiger partial charge >= 0.3 is 147 Å². The van der Waals surface area contributed by atoms with Crippen LogP contribution in [-0.2, 0) is 22.9 Å². The number of carbonyl (C=O) groups excluding carboxylic acids is 1. The number of rotatable bonds is 9. The van der Waals surface area contributed by atoms with Gasteiger partial charge in [0.1, 0.15) is 0 Å². The van der Waals surface area contributed by atoms with Crippen LogP contribution in [0, 0.1) is 0 Å². The number of amides is 1. The van der Waals surface area contributed by atoms with Crippen LogP contribution in [-0.4, -0.2) is 36.7 Å². The third-order valence-electron chi connectivity index (χ3n) is 5.38. The summed E-state index contributed by atoms with van der Waals surface area (Å²) in [5.74, 6) is -1.62. The number of carboxylic acid groups (broad SMARTS) is 1. The molecule has 0 aliphatic carbocycles. The molecule has 0 saturated heterocycles. The maximum absolute atomic E-state index is 11.1. The molecule has 4 rings (SSSR count). The molecule has 1 amide bonds. The predicted octanol–water partition coefficient (Wildman–Crippen LogP) is 6.86. The Balaban J connectivity index is 0.000000222. The molecule has 4 nitrogen and oxygen atoms in total. The molecule has 0 aliphatic rings. The summed E-state index contributed by atoms with van der Waals surface area (Å²) in [6, 6.07) is 40.0. The first kappa shape index (κ1) is 28.4. The molecule has 6 heteroatoms. The predicted molar refractivity (Wildman–Crippen MR) is 156 cm³/mol. The molecule has 0 heterocycles. The molecular weight excluding hydrogens is 633 g/mol. The van der Waals surface area contributed by atoms with Gasteiger partial charge in [-0.3, -0.25) is 4.79 Å². The molecule has 187 valence electrons. The molecule has 0 aromatic heterocycles. The number of carbonyl (C=O) groups is 2. The Kier molecular flexibility index (Phi) is 12.2. The monoisotopic (exact) mass is 662 g/mol. The summed E-state index contributed by atoms with van der Waals surface area (Å²) in [7, 11) is 0. The van der Waals surface area contributed by atoms with Crippen LogP contribution in [0.1, 0.15) is 16.7 Å². The Bertz CT molecular complexity index is 1170. The summed E-state index contributed by atoms with van der Waals surface area (Å²) in [6.07, 6.45) is 1.75. The molecule has 37 heavy (non-hydrogen) atoms. The van der Waals surface area contributed by atoms with Gasteiger partial charge in [-0.15, -0.1) is 0 Å². The zero-order chi connectivity index (χ0) is 26.3. The summed E-state index contributed by atoms with van der Waals surface area (Å²) in [5, 5.41) is 10.8. The van der Waals surface area contributed by atoms with Gasteiger partial charge in [-0.1, -0.05) is 15.9 Å². The first-order valence-electron chi connectivity index (χ1n) is 11.9. The molecule has 1 radical (unpaired) electrons. The number of anilines is 1. The van der Waals surface area contributed by atoms with Crippen LogP contribution in [0.2, 0.25) is 0 Å². The van der Waals surface area contributed by atoms with Gasteiger partial charge in [0, 0.05) is 22.3 Å². The van der Waals surface area contributed by atoms with Gasteiger partial charge in [0.2, 0.25) is 5.91 Å². The molecule has 0 bridgehead atoms. The number of halogens is 1. The zero-order valence-corrected chi connectivity index (χ0v) is 24.8. The third kappa shape index (κ3) is 11.6. The topological polar surface area (TPSA) is 66.4 Å². The van der Waals surface area contributed by atoms with Crippen LogP contribution in [0.3, 0.4) is 0 Å². The SMILES string of the molecule is O=C(O)/C=C/C(=O)Nc1ccc(Br)cc1.c1ccc([CH2][Sn]([CH2]c2ccccc2)[CH2]c2ccccc2)cc1. The van der Waals surface area contributed by atoms with E-state index >= 15 is 0 Å². The van der Waals surface area contributed by atoms with Crippen molar-refractivity contribution in [2.45, 2.75) is 13.3 Å². The summed E-state index contributed by atoms with van der Waals surface area (Å²) >= 11 is 1.70. The van der Waals surface area contributed by atoms with Crippen molar-refractivity contribution in [1.82, 2.24) is 0 Å². The van der Waals surface area contributed by atoms with Gasteiger partial charge in [0.25, 0.3) is 0 Å². The average molecular weight is 662 g/mol. The molecule has 0 atom stereocenters. The fraction of sp³-hybridized carbons (Fsp3) is 0.0968. The quantitative estimate of drug-likeness (QED) is 0.152. The van der Waals surface area contributed by atoms with Gasteiger partial charge in [0.05, 0.1) is 0 Å². The summed E-state index contributed by atoms with van der Waals surface area (Å²) in [5.41, 5.74) is 5.16. The van der Waals surface area contributed by atoms with Crippen molar-refractivity contribution < 1.29 is 14.7 Å². The number of hydrogen-bond donors (Lipinski definition) is 2. The van der Waals surface area contributed by atoms with Crippen molar-refractivity contribution in [3.8, 4) is 0 Å². The second-order valence-corrected chi connectivity index (χ2v) is 16.6. The van der Waals surface area contributed by atoms with Crippen molar-refractivity contribution in [3.63, 3.8) is 0 Å². The van der Waals surface area contributed by atoms with E-state index in [1.54, 1.807) is 24.3 Å². The van der Waals surface area contributed by atoms with E-state index in [0.717, 1.165) is 16.6 Å². The van der Waals surface area contributed by atoms with Crippen LogP contribution < -0.4 is 5.32 Å². The van der Waals surface area contributed by atoms with E-state index < -0.39 is 31.6 Å². The summed E-state index contributed by atoms with van der Waals surface area (Å²) < 4.78 is 4.88. The Morgan fingerprint density at radius 2 is 1.05 bits per heavy atom. The van der Waals surface area contributed by atoms with Crippen LogP contribution in [0.25, 0.3) is 0 Å². The van der Waals surface area contributed by atoms with E-state index in [9.17, 15) is 9.59 Å². The standard InChI is InChI=1S/C10H8BrNO3.3C7H7.Sn/c11-7-1-3-8(4-2-7)12-9(13)5-6-10(14)15;3*1-7-5-3-2-4-6-7;/h1-6H,(H,12,13)(H,14,15);3*2-6H,1H2;/b6-5+;;;;. The molecule has 0 aliphatic heterocycles. The Labute approximate surface area is 233 Å². The van der Waals surface area contributed by atoms with Crippen LogP contribution in [0.15, 0.2) is 132 Å². The van der Waals surface area contributed by atoms with Gasteiger partial charge in [-0.05, 0) is 24.3 Å². The number of benzene rings is 4. The molecule has 0 saturated carbocycles. The van der Waals surface area contributed by atoms with Crippen molar-refractivity contribution in [2.75, 3.05) is 5.32 Å². The molecule has 2 N–H and O–H groups in total. The average Bonchev–Trinajstić information content (AvgIpc) is 2.91. The second-order valence-electron chi connectivity index (χ2n) is 8.40. The zero-order valence-electron chi connectivity index (χ0n) is 20.4. The molecule has 4 aromatic rings. The van der Waals surface area contributed by atoms with Crippen molar-refractivity contribution in [2.24, 2.45) is 0 Å². The molecule has 4 aromatic carbocycles. The maximum atomic E-state index is 11.1. The minimum atomic E-state index is -1.56. The van der Waals surface area contributed by atoms with Crippen LogP contribution in [0.5, 0.6) is 0 Å². The Hall–Kier alpha value is -3.16. The van der Waals surface area contributed by atoms with Gasteiger partial charge < -0.3 is 10.4 Å². The third-order valence-corrected chi connectivity index (χ3v) is 13.7. The van der Waals surface area contributed by atoms with Gasteiger partial charge in [-0.25, -0.2) is 4.79 Å². The number of hydrogen-bond acceptors (Lipinski definition) is 2. The van der Waals surface area contributed by atoms with Crippen molar-refractivity contribution in [1.29, 1.82) is 0 Å². The second kappa shape index (κ2) is 15.8. The number of aliphatic carboxylic acids is 1. The van der Waals surface area contributed by atoms with E-state index in [4.69, 9.17) is 5.11 Å². The minimum absolute atomic E-state index is 0.472. The van der Waals surface area contributed by atoms with Gasteiger partial charge in [-0.2, -0.15) is 0 Å². The Morgan fingerprint density at radius 1 is 0.649 bits per heavy atom. The van der Waals surface area contributed by atoms with E-state index in [0.29, 0.717) is 5.69 Å². The van der Waals surface area contributed by atoms with E-state index in [1.165, 1.54) is 30.0 Å². The summed E-state index contributed by atoms with van der Waals surface area (Å²) in [6.45, 7) is 0. The van der Waals surface area contributed by atoms with Crippen molar-refractivity contribution >= 4 is 53.3 Å². The van der Waals surface area contributed by atoms with Crippen LogP contribution >= 0.6 is 15.9 Å². The molecule has 0 fully saturated rings. The normalized spacial score (nSPS) is 10.5. The van der Waals surface area contributed by atoms with Crippen LogP contribution in [0.4, 0.5) is 5.69 Å². The van der Waals surface area contributed by atoms with Gasteiger partial charge in [0.15, 0.2) is 0 Å². The fourth-order valence-electron chi connectivity index (χ4n) is 3.71. The van der Waals surface area contributed by atoms with E-state index in [1.807, 2.05) is 0 Å². The molecular formula is C31H29BrNO3Sn. The van der Waals surface area contributed by atoms with Crippen molar-refractivity contribution in [3.05, 3.63) is 149 Å².